The molecule has 7 nitrogen and oxygen atoms in total. The van der Waals surface area contributed by atoms with E-state index < -0.39 is 23.8 Å². The van der Waals surface area contributed by atoms with E-state index in [-0.39, 0.29) is 31.1 Å². The fourth-order valence-electron chi connectivity index (χ4n) is 2.34. The van der Waals surface area contributed by atoms with Crippen LogP contribution >= 0.6 is 11.6 Å². The number of carbonyl (C=O) groups is 3. The summed E-state index contributed by atoms with van der Waals surface area (Å²) < 4.78 is 0. The Morgan fingerprint density at radius 3 is 2.40 bits per heavy atom. The lowest BCUT2D eigenvalue weighted by atomic mass is 9.85. The molecule has 1 saturated heterocycles. The Hall–Kier alpha value is -2.02. The number of nitrogens with zero attached hydrogens (tertiary/aromatic N) is 1. The highest BCUT2D eigenvalue weighted by Gasteiger charge is 2.40. The Balaban J connectivity index is 2.14. The van der Waals surface area contributed by atoms with Crippen molar-refractivity contribution in [1.29, 1.82) is 0 Å². The zero-order valence-electron chi connectivity index (χ0n) is 10.4. The van der Waals surface area contributed by atoms with E-state index in [0.717, 1.165) is 0 Å². The highest BCUT2D eigenvalue weighted by Crippen LogP contribution is 2.25. The number of nitrogens with one attached hydrogen (secondary N) is 1. The highest BCUT2D eigenvalue weighted by atomic mass is 35.5. The average molecular weight is 301 g/mol. The van der Waals surface area contributed by atoms with Crippen molar-refractivity contribution in [3.8, 4) is 0 Å². The summed E-state index contributed by atoms with van der Waals surface area (Å²) in [6, 6.07) is 1.45. The molecule has 1 fully saturated rings. The van der Waals surface area contributed by atoms with Gasteiger partial charge in [-0.1, -0.05) is 11.6 Å². The lowest BCUT2D eigenvalue weighted by Gasteiger charge is -2.34. The minimum Gasteiger partial charge on any atom is -0.481 e. The van der Waals surface area contributed by atoms with E-state index in [1.807, 2.05) is 0 Å². The van der Waals surface area contributed by atoms with E-state index in [9.17, 15) is 14.4 Å². The van der Waals surface area contributed by atoms with Gasteiger partial charge < -0.3 is 20.1 Å². The molecule has 8 heteroatoms. The van der Waals surface area contributed by atoms with Crippen molar-refractivity contribution in [3.05, 3.63) is 23.0 Å². The zero-order chi connectivity index (χ0) is 14.9. The second-order valence-corrected chi connectivity index (χ2v) is 5.10. The molecule has 0 aliphatic carbocycles. The molecule has 0 bridgehead atoms. The molecule has 0 radical (unpaired) electrons. The third kappa shape index (κ3) is 2.77. The van der Waals surface area contributed by atoms with Gasteiger partial charge in [-0.3, -0.25) is 14.4 Å². The summed E-state index contributed by atoms with van der Waals surface area (Å²) in [5.74, 6) is -4.81. The number of aromatic nitrogens is 1. The van der Waals surface area contributed by atoms with Gasteiger partial charge in [-0.2, -0.15) is 0 Å². The number of carbonyl (C=O) groups excluding carboxylic acids is 1. The number of hydrogen-bond acceptors (Lipinski definition) is 3. The van der Waals surface area contributed by atoms with Crippen LogP contribution in [0.2, 0.25) is 5.02 Å². The molecule has 2 unspecified atom stereocenters. The molecule has 0 spiro atoms. The minimum atomic E-state index is -1.21. The van der Waals surface area contributed by atoms with Crippen LogP contribution in [0.1, 0.15) is 16.9 Å². The fraction of sp³-hybridized carbons (Fsp3) is 0.417. The van der Waals surface area contributed by atoms with Crippen molar-refractivity contribution in [2.24, 2.45) is 11.8 Å². The Labute approximate surface area is 119 Å². The third-order valence-electron chi connectivity index (χ3n) is 3.41. The maximum Gasteiger partial charge on any atom is 0.309 e. The molecule has 20 heavy (non-hydrogen) atoms. The Morgan fingerprint density at radius 2 is 1.90 bits per heavy atom. The second-order valence-electron chi connectivity index (χ2n) is 4.66. The van der Waals surface area contributed by atoms with Crippen molar-refractivity contribution in [3.63, 3.8) is 0 Å². The molecule has 1 aromatic heterocycles. The van der Waals surface area contributed by atoms with Gasteiger partial charge >= 0.3 is 11.9 Å². The first kappa shape index (κ1) is 14.4. The number of aliphatic carboxylic acids is 2. The third-order valence-corrected chi connectivity index (χ3v) is 3.63. The Kier molecular flexibility index (Phi) is 3.99. The topological polar surface area (TPSA) is 111 Å². The monoisotopic (exact) mass is 300 g/mol. The van der Waals surface area contributed by atoms with Crippen LogP contribution in [0.5, 0.6) is 0 Å². The van der Waals surface area contributed by atoms with Gasteiger partial charge in [-0.05, 0) is 12.5 Å². The number of amides is 1. The molecule has 3 N–H and O–H groups in total. The maximum absolute atomic E-state index is 12.2. The maximum atomic E-state index is 12.2. The summed E-state index contributed by atoms with van der Waals surface area (Å²) in [5, 5.41) is 18.5. The van der Waals surface area contributed by atoms with Gasteiger partial charge in [0, 0.05) is 19.3 Å². The van der Waals surface area contributed by atoms with Gasteiger partial charge in [0.1, 0.15) is 5.69 Å². The number of aromatic amines is 1. The lowest BCUT2D eigenvalue weighted by Crippen LogP contribution is -2.48. The van der Waals surface area contributed by atoms with Gasteiger partial charge in [-0.25, -0.2) is 0 Å². The van der Waals surface area contributed by atoms with Crippen LogP contribution < -0.4 is 0 Å². The molecule has 1 aliphatic heterocycles. The molecule has 108 valence electrons. The van der Waals surface area contributed by atoms with E-state index in [2.05, 4.69) is 4.98 Å². The second kappa shape index (κ2) is 5.54. The van der Waals surface area contributed by atoms with Crippen LogP contribution in [-0.2, 0) is 9.59 Å². The normalized spacial score (nSPS) is 22.6. The van der Waals surface area contributed by atoms with Crippen LogP contribution in [0.3, 0.4) is 0 Å². The van der Waals surface area contributed by atoms with Crippen LogP contribution in [0.25, 0.3) is 0 Å². The summed E-state index contributed by atoms with van der Waals surface area (Å²) >= 11 is 5.71. The number of carboxylic acid groups (broad SMARTS) is 2. The molecular weight excluding hydrogens is 288 g/mol. The number of rotatable bonds is 3. The quantitative estimate of drug-likeness (QED) is 0.768. The molecule has 0 saturated carbocycles. The van der Waals surface area contributed by atoms with Gasteiger partial charge in [-0.15, -0.1) is 0 Å². The summed E-state index contributed by atoms with van der Waals surface area (Å²) in [6.07, 6.45) is 1.57. The summed E-state index contributed by atoms with van der Waals surface area (Å²) in [4.78, 5) is 38.4. The smallest absolute Gasteiger partial charge is 0.309 e. The van der Waals surface area contributed by atoms with Crippen molar-refractivity contribution >= 4 is 29.4 Å². The van der Waals surface area contributed by atoms with E-state index >= 15 is 0 Å². The predicted molar refractivity (Wildman–Crippen MR) is 68.6 cm³/mol. The van der Waals surface area contributed by atoms with Gasteiger partial charge in [0.25, 0.3) is 5.91 Å². The molecule has 1 amide bonds. The SMILES string of the molecule is O=C(O)C1CCN(C(=O)c2cc(Cl)c[nH]2)CC1C(=O)O. The van der Waals surface area contributed by atoms with E-state index in [1.165, 1.54) is 17.2 Å². The number of hydrogen-bond donors (Lipinski definition) is 3. The van der Waals surface area contributed by atoms with E-state index in [1.54, 1.807) is 0 Å². The number of likely N-dealkylation sites (tertiary alicyclic amines) is 1. The molecule has 1 aliphatic rings. The van der Waals surface area contributed by atoms with Crippen molar-refractivity contribution in [2.75, 3.05) is 13.1 Å². The van der Waals surface area contributed by atoms with Crippen LogP contribution in [0.15, 0.2) is 12.3 Å². The van der Waals surface area contributed by atoms with Crippen molar-refractivity contribution in [2.45, 2.75) is 6.42 Å². The van der Waals surface area contributed by atoms with E-state index in [4.69, 9.17) is 21.8 Å². The lowest BCUT2D eigenvalue weighted by molar-refractivity contribution is -0.156. The number of piperidine rings is 1. The standard InChI is InChI=1S/C12H13ClN2O5/c13-6-3-9(14-4-6)10(16)15-2-1-7(11(17)18)8(5-15)12(19)20/h3-4,7-8,14H,1-2,5H2,(H,17,18)(H,19,20). The summed E-state index contributed by atoms with van der Waals surface area (Å²) in [6.45, 7) is 0.0813. The number of carboxylic acids is 2. The van der Waals surface area contributed by atoms with E-state index in [0.29, 0.717) is 5.02 Å². The van der Waals surface area contributed by atoms with Gasteiger partial charge in [0.2, 0.25) is 0 Å². The van der Waals surface area contributed by atoms with Gasteiger partial charge in [0.15, 0.2) is 0 Å². The average Bonchev–Trinajstić information content (AvgIpc) is 2.83. The van der Waals surface area contributed by atoms with Crippen molar-refractivity contribution in [1.82, 2.24) is 9.88 Å². The first-order valence-electron chi connectivity index (χ1n) is 5.99. The Bertz CT molecular complexity index is 556. The highest BCUT2D eigenvalue weighted by molar-refractivity contribution is 6.30. The molecule has 0 aromatic carbocycles. The minimum absolute atomic E-state index is 0.118. The molecular formula is C12H13ClN2O5. The largest absolute Gasteiger partial charge is 0.481 e. The first-order chi connectivity index (χ1) is 9.40. The molecule has 1 aromatic rings. The van der Waals surface area contributed by atoms with Crippen LogP contribution in [0.4, 0.5) is 0 Å². The predicted octanol–water partition coefficient (Wildman–Crippen LogP) is 0.916. The Morgan fingerprint density at radius 1 is 1.25 bits per heavy atom. The molecule has 2 rings (SSSR count). The fourth-order valence-corrected chi connectivity index (χ4v) is 2.51. The van der Waals surface area contributed by atoms with Crippen molar-refractivity contribution < 1.29 is 24.6 Å². The summed E-state index contributed by atoms with van der Waals surface area (Å²) in [5.41, 5.74) is 0.257. The number of H-pyrrole nitrogens is 1. The molecule has 2 heterocycles. The summed E-state index contributed by atoms with van der Waals surface area (Å²) in [7, 11) is 0. The van der Waals surface area contributed by atoms with Gasteiger partial charge in [0.05, 0.1) is 16.9 Å². The molecule has 2 atom stereocenters. The van der Waals surface area contributed by atoms with Crippen LogP contribution in [0, 0.1) is 11.8 Å². The zero-order valence-corrected chi connectivity index (χ0v) is 11.1. The van der Waals surface area contributed by atoms with Crippen LogP contribution in [-0.4, -0.2) is 51.0 Å². The number of halogens is 1. The first-order valence-corrected chi connectivity index (χ1v) is 6.36.